The summed E-state index contributed by atoms with van der Waals surface area (Å²) in [5.41, 5.74) is 1.38. The molecule has 0 atom stereocenters. The van der Waals surface area contributed by atoms with Crippen molar-refractivity contribution in [1.29, 1.82) is 0 Å². The van der Waals surface area contributed by atoms with Gasteiger partial charge in [-0.25, -0.2) is 0 Å². The second-order valence-electron chi connectivity index (χ2n) is 8.23. The molecular weight excluding hydrogens is 272 g/mol. The lowest BCUT2D eigenvalue weighted by Crippen LogP contribution is -2.47. The number of aromatic nitrogens is 2. The molecule has 0 aromatic carbocycles. The van der Waals surface area contributed by atoms with Gasteiger partial charge in [-0.3, -0.25) is 4.68 Å². The van der Waals surface area contributed by atoms with Crippen molar-refractivity contribution in [3.63, 3.8) is 0 Å². The Bertz CT molecular complexity index is 501. The number of hydrogen-bond acceptors (Lipinski definition) is 2. The first-order valence-electron chi connectivity index (χ1n) is 7.34. The topological polar surface area (TPSA) is 38.0 Å². The normalized spacial score (nSPS) is 23.8. The van der Waals surface area contributed by atoms with Crippen LogP contribution in [-0.2, 0) is 13.5 Å². The zero-order chi connectivity index (χ0) is 15.3. The monoisotopic (exact) mass is 298 g/mol. The molecule has 4 heteroatoms. The van der Waals surface area contributed by atoms with Gasteiger partial charge in [0.2, 0.25) is 0 Å². The molecule has 1 fully saturated rings. The third kappa shape index (κ3) is 3.20. The van der Waals surface area contributed by atoms with Crippen LogP contribution in [0.1, 0.15) is 58.3 Å². The molecule has 3 nitrogen and oxygen atoms in total. The fraction of sp³-hybridized carbons (Fsp3) is 0.812. The van der Waals surface area contributed by atoms with E-state index in [1.54, 1.807) is 0 Å². The molecule has 0 aliphatic heterocycles. The summed E-state index contributed by atoms with van der Waals surface area (Å²) in [5.74, 6) is 0. The highest BCUT2D eigenvalue weighted by atomic mass is 35.5. The van der Waals surface area contributed by atoms with Crippen molar-refractivity contribution >= 4 is 11.6 Å². The maximum atomic E-state index is 11.2. The Kier molecular flexibility index (Phi) is 3.75. The molecule has 0 bridgehead atoms. The van der Waals surface area contributed by atoms with Gasteiger partial charge in [0, 0.05) is 13.5 Å². The van der Waals surface area contributed by atoms with Crippen molar-refractivity contribution < 1.29 is 5.11 Å². The molecule has 0 unspecified atom stereocenters. The van der Waals surface area contributed by atoms with E-state index in [-0.39, 0.29) is 10.8 Å². The minimum Gasteiger partial charge on any atom is -0.389 e. The number of halogens is 1. The quantitative estimate of drug-likeness (QED) is 0.899. The lowest BCUT2D eigenvalue weighted by atomic mass is 9.59. The predicted molar refractivity (Wildman–Crippen MR) is 83.0 cm³/mol. The van der Waals surface area contributed by atoms with Gasteiger partial charge in [-0.15, -0.1) is 0 Å². The van der Waals surface area contributed by atoms with Crippen LogP contribution in [0.5, 0.6) is 0 Å². The van der Waals surface area contributed by atoms with Crippen molar-refractivity contribution in [2.45, 2.75) is 65.9 Å². The zero-order valence-electron chi connectivity index (χ0n) is 13.5. The average molecular weight is 299 g/mol. The molecule has 1 heterocycles. The van der Waals surface area contributed by atoms with Gasteiger partial charge in [-0.05, 0) is 37.0 Å². The first-order chi connectivity index (χ1) is 8.93. The van der Waals surface area contributed by atoms with E-state index >= 15 is 0 Å². The van der Waals surface area contributed by atoms with Gasteiger partial charge in [0.05, 0.1) is 22.0 Å². The Balaban J connectivity index is 2.31. The second-order valence-corrected chi connectivity index (χ2v) is 8.61. The summed E-state index contributed by atoms with van der Waals surface area (Å²) in [6, 6.07) is 0. The summed E-state index contributed by atoms with van der Waals surface area (Å²) in [4.78, 5) is 0. The molecule has 1 aliphatic carbocycles. The van der Waals surface area contributed by atoms with E-state index in [1.807, 2.05) is 18.7 Å². The summed E-state index contributed by atoms with van der Waals surface area (Å²) < 4.78 is 1.81. The molecule has 114 valence electrons. The average Bonchev–Trinajstić information content (AvgIpc) is 2.39. The Labute approximate surface area is 127 Å². The Hall–Kier alpha value is -0.540. The van der Waals surface area contributed by atoms with Crippen LogP contribution < -0.4 is 0 Å². The molecule has 1 saturated carbocycles. The van der Waals surface area contributed by atoms with Gasteiger partial charge in [-0.1, -0.05) is 39.3 Å². The molecule has 1 aliphatic rings. The summed E-state index contributed by atoms with van der Waals surface area (Å²) in [6.45, 7) is 10.9. The van der Waals surface area contributed by atoms with Gasteiger partial charge >= 0.3 is 0 Å². The maximum Gasteiger partial charge on any atom is 0.0848 e. The molecule has 20 heavy (non-hydrogen) atoms. The summed E-state index contributed by atoms with van der Waals surface area (Å²) in [7, 11) is 1.90. The first-order valence-corrected chi connectivity index (χ1v) is 7.71. The van der Waals surface area contributed by atoms with Crippen LogP contribution in [0.25, 0.3) is 0 Å². The summed E-state index contributed by atoms with van der Waals surface area (Å²) in [5, 5.41) is 16.2. The van der Waals surface area contributed by atoms with Crippen molar-refractivity contribution in [2.24, 2.45) is 17.9 Å². The number of aryl methyl sites for hydroxylation is 2. The standard InChI is InChI=1S/C16H27ClN2O/c1-11-13(17)12(19(6)18-11)7-16(20)9-14(2,3)8-15(4,5)10-16/h20H,7-10H2,1-6H3. The Morgan fingerprint density at radius 1 is 1.15 bits per heavy atom. The maximum absolute atomic E-state index is 11.2. The smallest absolute Gasteiger partial charge is 0.0848 e. The van der Waals surface area contributed by atoms with Crippen molar-refractivity contribution in [1.82, 2.24) is 9.78 Å². The van der Waals surface area contributed by atoms with Crippen LogP contribution in [0.3, 0.4) is 0 Å². The van der Waals surface area contributed by atoms with Crippen LogP contribution in [0.15, 0.2) is 0 Å². The molecule has 2 rings (SSSR count). The Morgan fingerprint density at radius 2 is 1.65 bits per heavy atom. The number of rotatable bonds is 2. The van der Waals surface area contributed by atoms with Gasteiger partial charge in [0.25, 0.3) is 0 Å². The molecular formula is C16H27ClN2O. The van der Waals surface area contributed by atoms with E-state index in [0.717, 1.165) is 30.7 Å². The van der Waals surface area contributed by atoms with Crippen molar-refractivity contribution in [3.8, 4) is 0 Å². The SMILES string of the molecule is Cc1nn(C)c(CC2(O)CC(C)(C)CC(C)(C)C2)c1Cl. The zero-order valence-corrected chi connectivity index (χ0v) is 14.3. The Morgan fingerprint density at radius 3 is 2.05 bits per heavy atom. The van der Waals surface area contributed by atoms with E-state index in [4.69, 9.17) is 11.6 Å². The molecule has 1 aromatic heterocycles. The van der Waals surface area contributed by atoms with Crippen LogP contribution in [0.2, 0.25) is 5.02 Å². The lowest BCUT2D eigenvalue weighted by Gasteiger charge is -2.49. The van der Waals surface area contributed by atoms with Gasteiger partial charge in [0.1, 0.15) is 0 Å². The van der Waals surface area contributed by atoms with Gasteiger partial charge < -0.3 is 5.11 Å². The minimum absolute atomic E-state index is 0.149. The van der Waals surface area contributed by atoms with E-state index in [2.05, 4.69) is 32.8 Å². The first kappa shape index (κ1) is 15.8. The summed E-state index contributed by atoms with van der Waals surface area (Å²) in [6.07, 6.45) is 3.34. The fourth-order valence-corrected chi connectivity index (χ4v) is 4.80. The van der Waals surface area contributed by atoms with Crippen LogP contribution in [-0.4, -0.2) is 20.5 Å². The predicted octanol–water partition coefficient (Wildman–Crippen LogP) is 3.89. The highest BCUT2D eigenvalue weighted by Gasteiger charge is 2.47. The highest BCUT2D eigenvalue weighted by Crippen LogP contribution is 2.51. The molecule has 0 radical (unpaired) electrons. The molecule has 0 amide bonds. The van der Waals surface area contributed by atoms with E-state index in [0.29, 0.717) is 11.4 Å². The molecule has 1 aromatic rings. The minimum atomic E-state index is -0.699. The third-order valence-electron chi connectivity index (χ3n) is 4.33. The highest BCUT2D eigenvalue weighted by molar-refractivity contribution is 6.31. The lowest BCUT2D eigenvalue weighted by molar-refractivity contribution is -0.0859. The number of aliphatic hydroxyl groups is 1. The molecule has 0 saturated heterocycles. The molecule has 0 spiro atoms. The number of hydrogen-bond donors (Lipinski definition) is 1. The fourth-order valence-electron chi connectivity index (χ4n) is 4.57. The van der Waals surface area contributed by atoms with Crippen molar-refractivity contribution in [2.75, 3.05) is 0 Å². The summed E-state index contributed by atoms with van der Waals surface area (Å²) >= 11 is 6.34. The van der Waals surface area contributed by atoms with Crippen LogP contribution >= 0.6 is 11.6 Å². The van der Waals surface area contributed by atoms with E-state index < -0.39 is 5.60 Å². The van der Waals surface area contributed by atoms with E-state index in [1.165, 1.54) is 0 Å². The van der Waals surface area contributed by atoms with Crippen LogP contribution in [0.4, 0.5) is 0 Å². The van der Waals surface area contributed by atoms with Gasteiger partial charge in [-0.2, -0.15) is 5.10 Å². The van der Waals surface area contributed by atoms with Gasteiger partial charge in [0.15, 0.2) is 0 Å². The second kappa shape index (κ2) is 4.74. The van der Waals surface area contributed by atoms with Crippen molar-refractivity contribution in [3.05, 3.63) is 16.4 Å². The molecule has 1 N–H and O–H groups in total. The largest absolute Gasteiger partial charge is 0.389 e. The number of nitrogens with zero attached hydrogens (tertiary/aromatic N) is 2. The third-order valence-corrected chi connectivity index (χ3v) is 4.82. The van der Waals surface area contributed by atoms with E-state index in [9.17, 15) is 5.11 Å². The van der Waals surface area contributed by atoms with Crippen LogP contribution in [0, 0.1) is 17.8 Å².